The Morgan fingerprint density at radius 3 is 1.68 bits per heavy atom. The van der Waals surface area contributed by atoms with Crippen molar-refractivity contribution in [1.82, 2.24) is 0 Å². The summed E-state index contributed by atoms with van der Waals surface area (Å²) >= 11 is 2.13. The van der Waals surface area contributed by atoms with Crippen LogP contribution in [0.3, 0.4) is 0 Å². The van der Waals surface area contributed by atoms with Gasteiger partial charge in [0.15, 0.2) is 0 Å². The first-order chi connectivity index (χ1) is 10.6. The van der Waals surface area contributed by atoms with E-state index in [1.54, 1.807) is 0 Å². The topological polar surface area (TPSA) is 0 Å². The van der Waals surface area contributed by atoms with Gasteiger partial charge in [0, 0.05) is 11.8 Å². The van der Waals surface area contributed by atoms with Crippen molar-refractivity contribution in [2.75, 3.05) is 11.5 Å². The van der Waals surface area contributed by atoms with Crippen LogP contribution in [-0.2, 0) is 0 Å². The van der Waals surface area contributed by atoms with Gasteiger partial charge >= 0.3 is 0 Å². The molecule has 0 aliphatic heterocycles. The molecule has 0 atom stereocenters. The molecule has 0 N–H and O–H groups in total. The van der Waals surface area contributed by atoms with Crippen molar-refractivity contribution >= 4 is 11.8 Å². The Kier molecular flexibility index (Phi) is 15.7. The van der Waals surface area contributed by atoms with Crippen LogP contribution in [0.15, 0.2) is 0 Å². The van der Waals surface area contributed by atoms with E-state index in [2.05, 4.69) is 51.3 Å². The zero-order valence-electron chi connectivity index (χ0n) is 15.8. The quantitative estimate of drug-likeness (QED) is 0.236. The molecule has 22 heavy (non-hydrogen) atoms. The Morgan fingerprint density at radius 2 is 1.18 bits per heavy atom. The zero-order valence-corrected chi connectivity index (χ0v) is 16.6. The summed E-state index contributed by atoms with van der Waals surface area (Å²) in [5.41, 5.74) is 0.175. The Balaban J connectivity index is 3.10. The lowest BCUT2D eigenvalue weighted by molar-refractivity contribution is 0.557. The van der Waals surface area contributed by atoms with Gasteiger partial charge in [-0.3, -0.25) is 0 Å². The molecule has 0 saturated heterocycles. The summed E-state index contributed by atoms with van der Waals surface area (Å²) in [6, 6.07) is 0. The van der Waals surface area contributed by atoms with Gasteiger partial charge in [-0.1, -0.05) is 64.2 Å². The van der Waals surface area contributed by atoms with Gasteiger partial charge in [0.2, 0.25) is 0 Å². The third-order valence-electron chi connectivity index (χ3n) is 3.65. The third kappa shape index (κ3) is 19.9. The minimum atomic E-state index is 0.175. The fourth-order valence-corrected chi connectivity index (χ4v) is 3.31. The standard InChI is InChI=1S/C21H40S/c1-5-19-22-20-17-15-13-11-9-7-6-8-10-12-14-16-18-21(2,3)4/h5-15,17,19-20H2,1-4H3. The molecule has 0 heterocycles. The number of hydrogen-bond acceptors (Lipinski definition) is 1. The second kappa shape index (κ2) is 15.8. The van der Waals surface area contributed by atoms with E-state index in [0.717, 1.165) is 6.42 Å². The molecule has 0 bridgehead atoms. The lowest BCUT2D eigenvalue weighted by atomic mass is 9.97. The van der Waals surface area contributed by atoms with Gasteiger partial charge in [-0.15, -0.1) is 5.92 Å². The summed E-state index contributed by atoms with van der Waals surface area (Å²) < 4.78 is 0. The fourth-order valence-electron chi connectivity index (χ4n) is 2.41. The van der Waals surface area contributed by atoms with E-state index in [1.807, 2.05) is 0 Å². The Morgan fingerprint density at radius 1 is 0.682 bits per heavy atom. The van der Waals surface area contributed by atoms with Crippen molar-refractivity contribution in [3.8, 4) is 11.8 Å². The Bertz CT molecular complexity index is 277. The maximum Gasteiger partial charge on any atom is 0.0230 e. The van der Waals surface area contributed by atoms with Gasteiger partial charge in [0.1, 0.15) is 0 Å². The van der Waals surface area contributed by atoms with Gasteiger partial charge < -0.3 is 0 Å². The van der Waals surface area contributed by atoms with Crippen molar-refractivity contribution in [3.63, 3.8) is 0 Å². The fraction of sp³-hybridized carbons (Fsp3) is 0.905. The lowest BCUT2D eigenvalue weighted by Crippen LogP contribution is -1.98. The highest BCUT2D eigenvalue weighted by molar-refractivity contribution is 7.99. The summed E-state index contributed by atoms with van der Waals surface area (Å²) in [5, 5.41) is 0. The van der Waals surface area contributed by atoms with E-state index in [0.29, 0.717) is 0 Å². The van der Waals surface area contributed by atoms with Crippen LogP contribution in [0.4, 0.5) is 0 Å². The average Bonchev–Trinajstić information content (AvgIpc) is 2.45. The van der Waals surface area contributed by atoms with Gasteiger partial charge in [-0.25, -0.2) is 0 Å². The number of rotatable bonds is 14. The highest BCUT2D eigenvalue weighted by Crippen LogP contribution is 2.13. The van der Waals surface area contributed by atoms with Crippen molar-refractivity contribution < 1.29 is 0 Å². The lowest BCUT2D eigenvalue weighted by Gasteiger charge is -2.06. The van der Waals surface area contributed by atoms with E-state index in [1.165, 1.54) is 82.1 Å². The van der Waals surface area contributed by atoms with Crippen molar-refractivity contribution in [2.24, 2.45) is 5.41 Å². The van der Waals surface area contributed by atoms with Crippen molar-refractivity contribution in [3.05, 3.63) is 0 Å². The minimum Gasteiger partial charge on any atom is -0.162 e. The molecule has 0 aliphatic carbocycles. The van der Waals surface area contributed by atoms with Crippen molar-refractivity contribution in [2.45, 2.75) is 105 Å². The second-order valence-electron chi connectivity index (χ2n) is 7.45. The van der Waals surface area contributed by atoms with E-state index >= 15 is 0 Å². The molecule has 0 fully saturated rings. The Hall–Kier alpha value is -0.0900. The third-order valence-corrected chi connectivity index (χ3v) is 4.93. The molecule has 0 aromatic rings. The Labute approximate surface area is 145 Å². The highest BCUT2D eigenvalue weighted by atomic mass is 32.2. The van der Waals surface area contributed by atoms with Crippen LogP contribution >= 0.6 is 11.8 Å². The molecule has 0 unspecified atom stereocenters. The average molecular weight is 325 g/mol. The van der Waals surface area contributed by atoms with Crippen LogP contribution < -0.4 is 0 Å². The molecule has 0 spiro atoms. The van der Waals surface area contributed by atoms with Gasteiger partial charge in [0.25, 0.3) is 0 Å². The van der Waals surface area contributed by atoms with Crippen molar-refractivity contribution in [1.29, 1.82) is 0 Å². The molecule has 0 rings (SSSR count). The van der Waals surface area contributed by atoms with Crippen LogP contribution in [-0.4, -0.2) is 11.5 Å². The van der Waals surface area contributed by atoms with Crippen LogP contribution in [0.1, 0.15) is 105 Å². The number of thioether (sulfide) groups is 1. The van der Waals surface area contributed by atoms with Gasteiger partial charge in [-0.2, -0.15) is 11.8 Å². The van der Waals surface area contributed by atoms with Crippen LogP contribution in [0.5, 0.6) is 0 Å². The zero-order chi connectivity index (χ0) is 16.5. The number of hydrogen-bond donors (Lipinski definition) is 0. The summed E-state index contributed by atoms with van der Waals surface area (Å²) in [7, 11) is 0. The van der Waals surface area contributed by atoms with Crippen LogP contribution in [0, 0.1) is 17.3 Å². The van der Waals surface area contributed by atoms with Crippen LogP contribution in [0.25, 0.3) is 0 Å². The highest BCUT2D eigenvalue weighted by Gasteiger charge is 2.02. The van der Waals surface area contributed by atoms with E-state index < -0.39 is 0 Å². The first kappa shape index (κ1) is 21.9. The summed E-state index contributed by atoms with van der Waals surface area (Å²) in [4.78, 5) is 0. The molecule has 0 amide bonds. The number of unbranched alkanes of at least 4 members (excludes halogenated alkanes) is 10. The van der Waals surface area contributed by atoms with E-state index in [-0.39, 0.29) is 5.41 Å². The maximum absolute atomic E-state index is 3.32. The maximum atomic E-state index is 3.32. The van der Waals surface area contributed by atoms with E-state index in [4.69, 9.17) is 0 Å². The summed E-state index contributed by atoms with van der Waals surface area (Å²) in [6.45, 7) is 8.82. The predicted octanol–water partition coefficient (Wildman–Crippen LogP) is 7.47. The first-order valence-corrected chi connectivity index (χ1v) is 10.8. The van der Waals surface area contributed by atoms with Gasteiger partial charge in [0.05, 0.1) is 0 Å². The molecule has 130 valence electrons. The molecular weight excluding hydrogens is 284 g/mol. The molecule has 0 aromatic heterocycles. The molecule has 1 heteroatoms. The molecular formula is C21H40S. The smallest absolute Gasteiger partial charge is 0.0230 e. The monoisotopic (exact) mass is 324 g/mol. The molecule has 0 saturated carbocycles. The van der Waals surface area contributed by atoms with Crippen LogP contribution in [0.2, 0.25) is 0 Å². The normalized spacial score (nSPS) is 11.3. The second-order valence-corrected chi connectivity index (χ2v) is 8.67. The minimum absolute atomic E-state index is 0.175. The summed E-state index contributed by atoms with van der Waals surface area (Å²) in [5.74, 6) is 9.36. The molecule has 0 radical (unpaired) electrons. The summed E-state index contributed by atoms with van der Waals surface area (Å²) in [6.07, 6.45) is 16.6. The molecule has 0 nitrogen and oxygen atoms in total. The molecule has 0 aliphatic rings. The first-order valence-electron chi connectivity index (χ1n) is 9.64. The van der Waals surface area contributed by atoms with Gasteiger partial charge in [-0.05, 0) is 51.5 Å². The van der Waals surface area contributed by atoms with E-state index in [9.17, 15) is 0 Å². The molecule has 0 aromatic carbocycles. The predicted molar refractivity (Wildman–Crippen MR) is 106 cm³/mol. The largest absolute Gasteiger partial charge is 0.162 e. The SMILES string of the molecule is CCCSCCCCCCCCCCCCC#CC(C)(C)C.